The molecule has 1 unspecified atom stereocenters. The number of nitrogens with one attached hydrogen (secondary N) is 1. The second kappa shape index (κ2) is 12.6. The van der Waals surface area contributed by atoms with Crippen molar-refractivity contribution in [2.24, 2.45) is 16.8 Å². The molecule has 5 heteroatoms. The van der Waals surface area contributed by atoms with Crippen molar-refractivity contribution in [1.29, 1.82) is 0 Å². The van der Waals surface area contributed by atoms with Gasteiger partial charge in [-0.3, -0.25) is 4.99 Å². The Hall–Kier alpha value is -1.75. The first-order valence-electron chi connectivity index (χ1n) is 9.82. The molecule has 26 heavy (non-hydrogen) atoms. The van der Waals surface area contributed by atoms with Gasteiger partial charge < -0.3 is 20.1 Å². The van der Waals surface area contributed by atoms with E-state index in [0.29, 0.717) is 18.4 Å². The molecule has 1 aromatic rings. The summed E-state index contributed by atoms with van der Waals surface area (Å²) in [6, 6.07) is 8.21. The highest BCUT2D eigenvalue weighted by molar-refractivity contribution is 5.79. The monoisotopic (exact) mass is 363 g/mol. The molecule has 0 radical (unpaired) electrons. The summed E-state index contributed by atoms with van der Waals surface area (Å²) < 4.78 is 5.50. The molecule has 0 bridgehead atoms. The maximum absolute atomic E-state index is 9.30. The van der Waals surface area contributed by atoms with E-state index in [-0.39, 0.29) is 6.61 Å². The average Bonchev–Trinajstić information content (AvgIpc) is 2.60. The van der Waals surface area contributed by atoms with E-state index in [0.717, 1.165) is 44.2 Å². The van der Waals surface area contributed by atoms with Gasteiger partial charge in [0, 0.05) is 33.3 Å². The van der Waals surface area contributed by atoms with E-state index >= 15 is 0 Å². The van der Waals surface area contributed by atoms with E-state index < -0.39 is 0 Å². The van der Waals surface area contributed by atoms with Crippen molar-refractivity contribution in [3.8, 4) is 5.75 Å². The molecule has 1 atom stereocenters. The van der Waals surface area contributed by atoms with E-state index in [1.807, 2.05) is 19.1 Å². The first kappa shape index (κ1) is 22.3. The van der Waals surface area contributed by atoms with Crippen LogP contribution in [0.2, 0.25) is 0 Å². The van der Waals surface area contributed by atoms with E-state index in [2.05, 4.69) is 50.2 Å². The molecule has 0 saturated heterocycles. The van der Waals surface area contributed by atoms with Crippen molar-refractivity contribution >= 4 is 5.96 Å². The summed E-state index contributed by atoms with van der Waals surface area (Å²) in [7, 11) is 2.06. The average molecular weight is 364 g/mol. The molecule has 0 aromatic heterocycles. The molecule has 148 valence electrons. The quantitative estimate of drug-likeness (QED) is 0.466. The Balaban J connectivity index is 2.73. The standard InChI is InChI=1S/C21H37N3O2/c1-6-22-21(23-15-19(12-13-25)14-17(3)4)24(5)16-18-8-10-20(11-9-18)26-7-2/h8-11,17,19,25H,6-7,12-16H2,1-5H3,(H,22,23). The third-order valence-electron chi connectivity index (χ3n) is 4.19. The molecular formula is C21H37N3O2. The van der Waals surface area contributed by atoms with Gasteiger partial charge in [-0.1, -0.05) is 26.0 Å². The summed E-state index contributed by atoms with van der Waals surface area (Å²) in [5, 5.41) is 12.7. The molecule has 0 amide bonds. The molecule has 0 saturated carbocycles. The zero-order valence-corrected chi connectivity index (χ0v) is 17.2. The van der Waals surface area contributed by atoms with Crippen LogP contribution in [0.4, 0.5) is 0 Å². The third-order valence-corrected chi connectivity index (χ3v) is 4.19. The lowest BCUT2D eigenvalue weighted by Gasteiger charge is -2.23. The van der Waals surface area contributed by atoms with Gasteiger partial charge in [0.1, 0.15) is 5.75 Å². The third kappa shape index (κ3) is 8.56. The number of hydrogen-bond donors (Lipinski definition) is 2. The van der Waals surface area contributed by atoms with Gasteiger partial charge in [0.15, 0.2) is 5.96 Å². The predicted molar refractivity (Wildman–Crippen MR) is 110 cm³/mol. The molecule has 2 N–H and O–H groups in total. The Morgan fingerprint density at radius 2 is 1.92 bits per heavy atom. The lowest BCUT2D eigenvalue weighted by molar-refractivity contribution is 0.245. The van der Waals surface area contributed by atoms with Gasteiger partial charge >= 0.3 is 0 Å². The van der Waals surface area contributed by atoms with Crippen molar-refractivity contribution in [1.82, 2.24) is 10.2 Å². The minimum atomic E-state index is 0.228. The highest BCUT2D eigenvalue weighted by atomic mass is 16.5. The lowest BCUT2D eigenvalue weighted by atomic mass is 9.94. The summed E-state index contributed by atoms with van der Waals surface area (Å²) in [5.41, 5.74) is 1.22. The van der Waals surface area contributed by atoms with E-state index in [1.54, 1.807) is 0 Å². The molecule has 0 heterocycles. The van der Waals surface area contributed by atoms with Gasteiger partial charge in [-0.25, -0.2) is 0 Å². The maximum Gasteiger partial charge on any atom is 0.193 e. The predicted octanol–water partition coefficient (Wildman–Crippen LogP) is 3.53. The number of aliphatic hydroxyl groups is 1. The zero-order valence-electron chi connectivity index (χ0n) is 17.2. The molecule has 5 nitrogen and oxygen atoms in total. The van der Waals surface area contributed by atoms with E-state index in [4.69, 9.17) is 9.73 Å². The van der Waals surface area contributed by atoms with Crippen LogP contribution in [0, 0.1) is 11.8 Å². The molecule has 0 spiro atoms. The smallest absolute Gasteiger partial charge is 0.193 e. The minimum absolute atomic E-state index is 0.228. The first-order chi connectivity index (χ1) is 12.5. The number of nitrogens with zero attached hydrogens (tertiary/aromatic N) is 2. The fourth-order valence-electron chi connectivity index (χ4n) is 3.02. The van der Waals surface area contributed by atoms with Crippen molar-refractivity contribution < 1.29 is 9.84 Å². The molecule has 0 aliphatic heterocycles. The summed E-state index contributed by atoms with van der Waals surface area (Å²) in [6.07, 6.45) is 1.90. The van der Waals surface area contributed by atoms with Crippen LogP contribution >= 0.6 is 0 Å². The van der Waals surface area contributed by atoms with Crippen molar-refractivity contribution in [3.63, 3.8) is 0 Å². The molecule has 1 rings (SSSR count). The van der Waals surface area contributed by atoms with Crippen LogP contribution in [0.15, 0.2) is 29.3 Å². The van der Waals surface area contributed by atoms with Crippen molar-refractivity contribution in [2.75, 3.05) is 33.4 Å². The first-order valence-corrected chi connectivity index (χ1v) is 9.82. The van der Waals surface area contributed by atoms with Crippen molar-refractivity contribution in [2.45, 2.75) is 47.1 Å². The summed E-state index contributed by atoms with van der Waals surface area (Å²) in [4.78, 5) is 6.97. The Labute approximate surface area is 159 Å². The summed E-state index contributed by atoms with van der Waals surface area (Å²) >= 11 is 0. The van der Waals surface area contributed by atoms with Gasteiger partial charge in [-0.2, -0.15) is 0 Å². The second-order valence-corrected chi connectivity index (χ2v) is 7.14. The van der Waals surface area contributed by atoms with Crippen LogP contribution in [0.3, 0.4) is 0 Å². The maximum atomic E-state index is 9.30. The minimum Gasteiger partial charge on any atom is -0.494 e. The van der Waals surface area contributed by atoms with Crippen LogP contribution in [0.1, 0.15) is 46.1 Å². The highest BCUT2D eigenvalue weighted by Gasteiger charge is 2.12. The SMILES string of the molecule is CCNC(=NCC(CCO)CC(C)C)N(C)Cc1ccc(OCC)cc1. The fraction of sp³-hybridized carbons (Fsp3) is 0.667. The number of ether oxygens (including phenoxy) is 1. The normalized spacial score (nSPS) is 13.0. The van der Waals surface area contributed by atoms with Crippen LogP contribution in [-0.4, -0.2) is 49.3 Å². The summed E-state index contributed by atoms with van der Waals surface area (Å²) in [6.45, 7) is 11.8. The number of hydrogen-bond acceptors (Lipinski definition) is 3. The number of benzene rings is 1. The van der Waals surface area contributed by atoms with Gasteiger partial charge in [-0.05, 0) is 56.2 Å². The van der Waals surface area contributed by atoms with Gasteiger partial charge in [0.25, 0.3) is 0 Å². The number of rotatable bonds is 11. The largest absolute Gasteiger partial charge is 0.494 e. The Bertz CT molecular complexity index is 514. The Morgan fingerprint density at radius 3 is 2.46 bits per heavy atom. The topological polar surface area (TPSA) is 57.1 Å². The van der Waals surface area contributed by atoms with Gasteiger partial charge in [0.2, 0.25) is 0 Å². The van der Waals surface area contributed by atoms with E-state index in [1.165, 1.54) is 5.56 Å². The zero-order chi connectivity index (χ0) is 19.4. The second-order valence-electron chi connectivity index (χ2n) is 7.14. The van der Waals surface area contributed by atoms with E-state index in [9.17, 15) is 5.11 Å². The Kier molecular flexibility index (Phi) is 10.8. The van der Waals surface area contributed by atoms with Crippen molar-refractivity contribution in [3.05, 3.63) is 29.8 Å². The van der Waals surface area contributed by atoms with Crippen LogP contribution < -0.4 is 10.1 Å². The molecule has 0 fully saturated rings. The molecule has 0 aliphatic carbocycles. The summed E-state index contributed by atoms with van der Waals surface area (Å²) in [5.74, 6) is 2.85. The van der Waals surface area contributed by atoms with Gasteiger partial charge in [0.05, 0.1) is 6.61 Å². The van der Waals surface area contributed by atoms with Crippen LogP contribution in [0.5, 0.6) is 5.75 Å². The molecule has 0 aliphatic rings. The van der Waals surface area contributed by atoms with Gasteiger partial charge in [-0.15, -0.1) is 0 Å². The fourth-order valence-corrected chi connectivity index (χ4v) is 3.02. The molecule has 1 aromatic carbocycles. The number of aliphatic imine (C=N–C) groups is 1. The highest BCUT2D eigenvalue weighted by Crippen LogP contribution is 2.16. The Morgan fingerprint density at radius 1 is 1.23 bits per heavy atom. The number of guanidine groups is 1. The van der Waals surface area contributed by atoms with Crippen LogP contribution in [-0.2, 0) is 6.54 Å². The lowest BCUT2D eigenvalue weighted by Crippen LogP contribution is -2.38. The number of aliphatic hydroxyl groups excluding tert-OH is 1. The van der Waals surface area contributed by atoms with Crippen LogP contribution in [0.25, 0.3) is 0 Å². The molecular weight excluding hydrogens is 326 g/mol.